The van der Waals surface area contributed by atoms with Crippen molar-refractivity contribution in [1.29, 1.82) is 0 Å². The van der Waals surface area contributed by atoms with Crippen LogP contribution in [0.2, 0.25) is 0 Å². The van der Waals surface area contributed by atoms with E-state index in [1.807, 2.05) is 7.05 Å². The predicted molar refractivity (Wildman–Crippen MR) is 81.5 cm³/mol. The van der Waals surface area contributed by atoms with Gasteiger partial charge < -0.3 is 9.88 Å². The van der Waals surface area contributed by atoms with Crippen molar-refractivity contribution in [2.45, 2.75) is 45.2 Å². The molecule has 19 heavy (non-hydrogen) atoms. The van der Waals surface area contributed by atoms with E-state index < -0.39 is 0 Å². The maximum atomic E-state index is 3.34. The van der Waals surface area contributed by atoms with Crippen LogP contribution in [0, 0.1) is 5.92 Å². The third-order valence-electron chi connectivity index (χ3n) is 4.57. The molecule has 1 heterocycles. The molecule has 0 saturated heterocycles. The summed E-state index contributed by atoms with van der Waals surface area (Å²) in [5, 5.41) is 4.78. The molecule has 102 valence electrons. The Morgan fingerprint density at radius 3 is 2.79 bits per heavy atom. The van der Waals surface area contributed by atoms with E-state index >= 15 is 0 Å². The van der Waals surface area contributed by atoms with Crippen LogP contribution in [0.4, 0.5) is 0 Å². The van der Waals surface area contributed by atoms with E-state index in [0.29, 0.717) is 6.04 Å². The van der Waals surface area contributed by atoms with Crippen molar-refractivity contribution in [2.24, 2.45) is 5.92 Å². The summed E-state index contributed by atoms with van der Waals surface area (Å²) in [6.07, 6.45) is 7.74. The highest BCUT2D eigenvalue weighted by atomic mass is 15.0. The van der Waals surface area contributed by atoms with Crippen LogP contribution in [0.25, 0.3) is 10.9 Å². The van der Waals surface area contributed by atoms with E-state index in [-0.39, 0.29) is 0 Å². The second-order valence-corrected chi connectivity index (χ2v) is 6.01. The number of nitrogens with one attached hydrogen (secondary N) is 1. The van der Waals surface area contributed by atoms with Gasteiger partial charge in [0, 0.05) is 29.7 Å². The van der Waals surface area contributed by atoms with Crippen molar-refractivity contribution in [1.82, 2.24) is 9.88 Å². The molecule has 0 amide bonds. The molecule has 0 spiro atoms. The molecule has 0 bridgehead atoms. The maximum Gasteiger partial charge on any atom is 0.0483 e. The molecule has 1 aromatic carbocycles. The second-order valence-electron chi connectivity index (χ2n) is 6.01. The highest BCUT2D eigenvalue weighted by Crippen LogP contribution is 2.30. The van der Waals surface area contributed by atoms with Gasteiger partial charge in [0.1, 0.15) is 0 Å². The van der Waals surface area contributed by atoms with Crippen molar-refractivity contribution in [3.05, 3.63) is 36.0 Å². The summed E-state index contributed by atoms with van der Waals surface area (Å²) in [6, 6.07) is 9.38. The van der Waals surface area contributed by atoms with Gasteiger partial charge in [-0.2, -0.15) is 0 Å². The fraction of sp³-hybridized carbons (Fsp3) is 0.529. The van der Waals surface area contributed by atoms with Gasteiger partial charge in [-0.3, -0.25) is 0 Å². The minimum atomic E-state index is 0.531. The number of fused-ring (bicyclic) bond motifs is 1. The van der Waals surface area contributed by atoms with E-state index in [1.165, 1.54) is 42.3 Å². The van der Waals surface area contributed by atoms with Crippen molar-refractivity contribution < 1.29 is 0 Å². The molecule has 0 aliphatic heterocycles. The molecule has 2 heteroatoms. The van der Waals surface area contributed by atoms with Gasteiger partial charge in [0.2, 0.25) is 0 Å². The summed E-state index contributed by atoms with van der Waals surface area (Å²) in [5.74, 6) is 0.908. The molecule has 1 atom stereocenters. The Kier molecular flexibility index (Phi) is 3.61. The minimum absolute atomic E-state index is 0.531. The van der Waals surface area contributed by atoms with Gasteiger partial charge in [-0.1, -0.05) is 24.6 Å². The first-order valence-corrected chi connectivity index (χ1v) is 7.52. The number of hydrogen-bond acceptors (Lipinski definition) is 1. The molecule has 2 aromatic rings. The van der Waals surface area contributed by atoms with E-state index in [1.54, 1.807) is 0 Å². The van der Waals surface area contributed by atoms with Crippen LogP contribution >= 0.6 is 0 Å². The number of benzene rings is 1. The highest BCUT2D eigenvalue weighted by molar-refractivity contribution is 5.84. The number of rotatable bonds is 5. The highest BCUT2D eigenvalue weighted by Gasteiger charge is 2.19. The minimum Gasteiger partial charge on any atom is -0.347 e. The zero-order valence-corrected chi connectivity index (χ0v) is 12.0. The second kappa shape index (κ2) is 5.38. The summed E-state index contributed by atoms with van der Waals surface area (Å²) in [7, 11) is 2.04. The molecular weight excluding hydrogens is 232 g/mol. The number of aromatic nitrogens is 1. The molecule has 1 aliphatic rings. The van der Waals surface area contributed by atoms with E-state index in [2.05, 4.69) is 47.3 Å². The molecule has 0 radical (unpaired) electrons. The van der Waals surface area contributed by atoms with Crippen molar-refractivity contribution in [3.8, 4) is 0 Å². The van der Waals surface area contributed by atoms with Crippen molar-refractivity contribution >= 4 is 10.9 Å². The van der Waals surface area contributed by atoms with Crippen LogP contribution in [-0.4, -0.2) is 17.7 Å². The first-order chi connectivity index (χ1) is 9.28. The summed E-state index contributed by atoms with van der Waals surface area (Å²) in [5.41, 5.74) is 2.89. The Labute approximate surface area is 115 Å². The fourth-order valence-electron chi connectivity index (χ4n) is 3.02. The molecule has 1 unspecified atom stereocenters. The van der Waals surface area contributed by atoms with E-state index in [9.17, 15) is 0 Å². The third kappa shape index (κ3) is 2.55. The Morgan fingerprint density at radius 2 is 2.11 bits per heavy atom. The summed E-state index contributed by atoms with van der Waals surface area (Å²) < 4.78 is 2.48. The first kappa shape index (κ1) is 12.7. The topological polar surface area (TPSA) is 17.0 Å². The molecule has 1 aliphatic carbocycles. The smallest absolute Gasteiger partial charge is 0.0483 e. The SMILES string of the molecule is CNC(C)Cc1cn(CC2CCC2)c2ccccc12. The molecule has 1 fully saturated rings. The average Bonchev–Trinajstić information content (AvgIpc) is 2.72. The van der Waals surface area contributed by atoms with Gasteiger partial charge in [0.05, 0.1) is 0 Å². The largest absolute Gasteiger partial charge is 0.347 e. The summed E-state index contributed by atoms with van der Waals surface area (Å²) in [4.78, 5) is 0. The lowest BCUT2D eigenvalue weighted by molar-refractivity contribution is 0.279. The molecule has 1 N–H and O–H groups in total. The Morgan fingerprint density at radius 1 is 1.32 bits per heavy atom. The molecule has 2 nitrogen and oxygen atoms in total. The number of hydrogen-bond donors (Lipinski definition) is 1. The predicted octanol–water partition coefficient (Wildman–Crippen LogP) is 3.59. The number of likely N-dealkylation sites (N-methyl/N-ethyl adjacent to an activating group) is 1. The van der Waals surface area contributed by atoms with Crippen molar-refractivity contribution in [2.75, 3.05) is 7.05 Å². The van der Waals surface area contributed by atoms with Crippen LogP contribution in [0.3, 0.4) is 0 Å². The molecule has 1 aromatic heterocycles. The Bertz CT molecular complexity index is 511. The first-order valence-electron chi connectivity index (χ1n) is 7.52. The normalized spacial score (nSPS) is 17.6. The fourth-order valence-corrected chi connectivity index (χ4v) is 3.02. The summed E-state index contributed by atoms with van der Waals surface area (Å²) in [6.45, 7) is 3.45. The maximum absolute atomic E-state index is 3.34. The van der Waals surface area contributed by atoms with Crippen LogP contribution in [0.1, 0.15) is 31.7 Å². The monoisotopic (exact) mass is 256 g/mol. The lowest BCUT2D eigenvalue weighted by Gasteiger charge is -2.26. The molecular formula is C17H24N2. The van der Waals surface area contributed by atoms with Crippen LogP contribution in [0.15, 0.2) is 30.5 Å². The van der Waals surface area contributed by atoms with E-state index in [4.69, 9.17) is 0 Å². The quantitative estimate of drug-likeness (QED) is 0.865. The van der Waals surface area contributed by atoms with Gasteiger partial charge in [-0.05, 0) is 50.8 Å². The lowest BCUT2D eigenvalue weighted by atomic mass is 9.85. The lowest BCUT2D eigenvalue weighted by Crippen LogP contribution is -2.23. The number of nitrogens with zero attached hydrogens (tertiary/aromatic N) is 1. The molecule has 1 saturated carbocycles. The van der Waals surface area contributed by atoms with Crippen molar-refractivity contribution in [3.63, 3.8) is 0 Å². The van der Waals surface area contributed by atoms with Crippen LogP contribution < -0.4 is 5.32 Å². The third-order valence-corrected chi connectivity index (χ3v) is 4.57. The van der Waals surface area contributed by atoms with Gasteiger partial charge in [-0.25, -0.2) is 0 Å². The zero-order chi connectivity index (χ0) is 13.2. The van der Waals surface area contributed by atoms with Gasteiger partial charge in [-0.15, -0.1) is 0 Å². The van der Waals surface area contributed by atoms with Gasteiger partial charge in [0.15, 0.2) is 0 Å². The van der Waals surface area contributed by atoms with Crippen LogP contribution in [0.5, 0.6) is 0 Å². The van der Waals surface area contributed by atoms with Gasteiger partial charge in [0.25, 0.3) is 0 Å². The molecule has 3 rings (SSSR count). The number of para-hydroxylation sites is 1. The van der Waals surface area contributed by atoms with Crippen LogP contribution in [-0.2, 0) is 13.0 Å². The Balaban J connectivity index is 1.92. The summed E-state index contributed by atoms with van der Waals surface area (Å²) >= 11 is 0. The van der Waals surface area contributed by atoms with Gasteiger partial charge >= 0.3 is 0 Å². The van der Waals surface area contributed by atoms with E-state index in [0.717, 1.165) is 12.3 Å². The average molecular weight is 256 g/mol. The standard InChI is InChI=1S/C17H24N2/c1-13(18-2)10-15-12-19(11-14-6-5-7-14)17-9-4-3-8-16(15)17/h3-4,8-9,12-14,18H,5-7,10-11H2,1-2H3. The zero-order valence-electron chi connectivity index (χ0n) is 12.0. The Hall–Kier alpha value is -1.28.